The largest absolute Gasteiger partial charge is 0.333 e. The number of hydrogen-bond donors (Lipinski definition) is 0. The molecule has 0 aromatic heterocycles. The van der Waals surface area contributed by atoms with Crippen LogP contribution < -0.4 is 0 Å². The molecule has 2 aliphatic rings. The fraction of sp³-hybridized carbons (Fsp3) is 0.591. The summed E-state index contributed by atoms with van der Waals surface area (Å²) in [6, 6.07) is 9.32. The van der Waals surface area contributed by atoms with Crippen molar-refractivity contribution in [1.29, 1.82) is 0 Å². The third-order valence-corrected chi connectivity index (χ3v) is 5.69. The third kappa shape index (κ3) is 4.49. The Kier molecular flexibility index (Phi) is 6.12. The lowest BCUT2D eigenvalue weighted by molar-refractivity contribution is -0.132. The first-order chi connectivity index (χ1) is 11.7. The average molecular weight is 325 g/mol. The van der Waals surface area contributed by atoms with E-state index in [4.69, 9.17) is 0 Å². The van der Waals surface area contributed by atoms with Gasteiger partial charge >= 0.3 is 0 Å². The topological polar surface area (TPSA) is 20.3 Å². The monoisotopic (exact) mass is 325 g/mol. The van der Waals surface area contributed by atoms with E-state index in [1.807, 2.05) is 12.2 Å². The molecule has 2 fully saturated rings. The summed E-state index contributed by atoms with van der Waals surface area (Å²) in [6.07, 6.45) is 16.4. The zero-order valence-electron chi connectivity index (χ0n) is 15.0. The van der Waals surface area contributed by atoms with Gasteiger partial charge < -0.3 is 4.90 Å². The standard InChI is InChI=1S/C22H31NO/c1-18-12-14-19(15-13-18)16-17-22(24)23(20-8-4-2-5-9-20)21-10-6-3-7-11-21/h12-17,20-21H,2-11H2,1H3/b17-16+. The second-order valence-corrected chi connectivity index (χ2v) is 7.57. The number of benzene rings is 1. The van der Waals surface area contributed by atoms with Crippen molar-refractivity contribution in [1.82, 2.24) is 4.90 Å². The van der Waals surface area contributed by atoms with Gasteiger partial charge in [-0.2, -0.15) is 0 Å². The van der Waals surface area contributed by atoms with E-state index in [-0.39, 0.29) is 5.91 Å². The molecule has 0 radical (unpaired) electrons. The van der Waals surface area contributed by atoms with Crippen molar-refractivity contribution in [3.05, 3.63) is 41.5 Å². The maximum atomic E-state index is 13.0. The maximum absolute atomic E-state index is 13.0. The molecule has 0 bridgehead atoms. The number of rotatable bonds is 4. The Balaban J connectivity index is 1.72. The zero-order chi connectivity index (χ0) is 16.8. The van der Waals surface area contributed by atoms with E-state index in [1.165, 1.54) is 69.8 Å². The number of hydrogen-bond acceptors (Lipinski definition) is 1. The fourth-order valence-electron chi connectivity index (χ4n) is 4.31. The Hall–Kier alpha value is -1.57. The average Bonchev–Trinajstić information content (AvgIpc) is 2.63. The van der Waals surface area contributed by atoms with Crippen LogP contribution in [0, 0.1) is 6.92 Å². The molecule has 1 aromatic carbocycles. The van der Waals surface area contributed by atoms with E-state index < -0.39 is 0 Å². The van der Waals surface area contributed by atoms with E-state index in [2.05, 4.69) is 36.1 Å². The SMILES string of the molecule is Cc1ccc(/C=C/C(=O)N(C2CCCCC2)C2CCCCC2)cc1. The molecule has 0 unspecified atom stereocenters. The summed E-state index contributed by atoms with van der Waals surface area (Å²) in [4.78, 5) is 15.3. The quantitative estimate of drug-likeness (QED) is 0.669. The number of aryl methyl sites for hydroxylation is 1. The Labute approximate surface area is 146 Å². The van der Waals surface area contributed by atoms with E-state index in [9.17, 15) is 4.79 Å². The van der Waals surface area contributed by atoms with Gasteiger partial charge in [0.1, 0.15) is 0 Å². The molecule has 0 spiro atoms. The molecule has 2 aliphatic carbocycles. The third-order valence-electron chi connectivity index (χ3n) is 5.69. The number of carbonyl (C=O) groups excluding carboxylic acids is 1. The van der Waals surface area contributed by atoms with Crippen LogP contribution >= 0.6 is 0 Å². The number of nitrogens with zero attached hydrogens (tertiary/aromatic N) is 1. The zero-order valence-corrected chi connectivity index (χ0v) is 15.0. The van der Waals surface area contributed by atoms with Crippen LogP contribution in [-0.4, -0.2) is 22.9 Å². The second kappa shape index (κ2) is 8.50. The number of carbonyl (C=O) groups is 1. The van der Waals surface area contributed by atoms with Crippen molar-refractivity contribution in [2.45, 2.75) is 83.2 Å². The molecule has 1 aromatic rings. The lowest BCUT2D eigenvalue weighted by Crippen LogP contribution is -2.48. The molecule has 24 heavy (non-hydrogen) atoms. The van der Waals surface area contributed by atoms with E-state index in [0.717, 1.165) is 5.56 Å². The molecule has 3 rings (SSSR count). The van der Waals surface area contributed by atoms with Gasteiger partial charge in [0.25, 0.3) is 0 Å². The van der Waals surface area contributed by atoms with Gasteiger partial charge in [-0.15, -0.1) is 0 Å². The van der Waals surface area contributed by atoms with Crippen LogP contribution in [0.5, 0.6) is 0 Å². The predicted molar refractivity (Wildman–Crippen MR) is 101 cm³/mol. The summed E-state index contributed by atoms with van der Waals surface area (Å²) in [5.41, 5.74) is 2.37. The first kappa shape index (κ1) is 17.3. The smallest absolute Gasteiger partial charge is 0.247 e. The molecule has 2 nitrogen and oxygen atoms in total. The highest BCUT2D eigenvalue weighted by molar-refractivity contribution is 5.92. The second-order valence-electron chi connectivity index (χ2n) is 7.57. The highest BCUT2D eigenvalue weighted by Gasteiger charge is 2.31. The van der Waals surface area contributed by atoms with Gasteiger partial charge in [0.2, 0.25) is 5.91 Å². The minimum atomic E-state index is 0.231. The van der Waals surface area contributed by atoms with Crippen molar-refractivity contribution in [3.8, 4) is 0 Å². The lowest BCUT2D eigenvalue weighted by Gasteiger charge is -2.41. The van der Waals surface area contributed by atoms with E-state index in [0.29, 0.717) is 12.1 Å². The Morgan fingerprint density at radius 1 is 0.875 bits per heavy atom. The normalized spacial score (nSPS) is 20.4. The molecule has 0 heterocycles. The van der Waals surface area contributed by atoms with Crippen LogP contribution in [-0.2, 0) is 4.79 Å². The molecule has 2 saturated carbocycles. The summed E-state index contributed by atoms with van der Waals surface area (Å²) in [5, 5.41) is 0. The minimum absolute atomic E-state index is 0.231. The molecule has 0 saturated heterocycles. The highest BCUT2D eigenvalue weighted by Crippen LogP contribution is 2.30. The predicted octanol–water partition coefficient (Wildman–Crippen LogP) is 5.50. The first-order valence-electron chi connectivity index (χ1n) is 9.81. The maximum Gasteiger partial charge on any atom is 0.247 e. The summed E-state index contributed by atoms with van der Waals surface area (Å²) in [5.74, 6) is 0.231. The van der Waals surface area contributed by atoms with Crippen molar-refractivity contribution in [2.24, 2.45) is 0 Å². The Bertz CT molecular complexity index is 530. The molecule has 0 aliphatic heterocycles. The molecule has 130 valence electrons. The highest BCUT2D eigenvalue weighted by atomic mass is 16.2. The van der Waals surface area contributed by atoms with Crippen LogP contribution in [0.2, 0.25) is 0 Å². The van der Waals surface area contributed by atoms with E-state index >= 15 is 0 Å². The molecular weight excluding hydrogens is 294 g/mol. The van der Waals surface area contributed by atoms with Crippen molar-refractivity contribution >= 4 is 12.0 Å². The lowest BCUT2D eigenvalue weighted by atomic mass is 9.88. The summed E-state index contributed by atoms with van der Waals surface area (Å²) >= 11 is 0. The van der Waals surface area contributed by atoms with Gasteiger partial charge in [-0.1, -0.05) is 68.4 Å². The molecule has 2 heteroatoms. The number of amides is 1. The van der Waals surface area contributed by atoms with Gasteiger partial charge in [0.15, 0.2) is 0 Å². The Morgan fingerprint density at radius 3 is 1.88 bits per heavy atom. The van der Waals surface area contributed by atoms with Crippen molar-refractivity contribution < 1.29 is 4.79 Å². The summed E-state index contributed by atoms with van der Waals surface area (Å²) in [7, 11) is 0. The van der Waals surface area contributed by atoms with Gasteiger partial charge in [-0.3, -0.25) is 4.79 Å². The molecular formula is C22H31NO. The molecule has 0 atom stereocenters. The van der Waals surface area contributed by atoms with Gasteiger partial charge in [-0.05, 0) is 44.2 Å². The van der Waals surface area contributed by atoms with Gasteiger partial charge in [-0.25, -0.2) is 0 Å². The van der Waals surface area contributed by atoms with E-state index in [1.54, 1.807) is 0 Å². The van der Waals surface area contributed by atoms with Crippen LogP contribution in [0.4, 0.5) is 0 Å². The molecule has 1 amide bonds. The minimum Gasteiger partial charge on any atom is -0.333 e. The van der Waals surface area contributed by atoms with Crippen molar-refractivity contribution in [2.75, 3.05) is 0 Å². The molecule has 0 N–H and O–H groups in total. The van der Waals surface area contributed by atoms with Crippen LogP contribution in [0.15, 0.2) is 30.3 Å². The van der Waals surface area contributed by atoms with Gasteiger partial charge in [0.05, 0.1) is 0 Å². The van der Waals surface area contributed by atoms with Crippen LogP contribution in [0.25, 0.3) is 6.08 Å². The fourth-order valence-corrected chi connectivity index (χ4v) is 4.31. The summed E-state index contributed by atoms with van der Waals surface area (Å²) in [6.45, 7) is 2.09. The first-order valence-corrected chi connectivity index (χ1v) is 9.81. The summed E-state index contributed by atoms with van der Waals surface area (Å²) < 4.78 is 0. The van der Waals surface area contributed by atoms with Crippen molar-refractivity contribution in [3.63, 3.8) is 0 Å². The van der Waals surface area contributed by atoms with Crippen LogP contribution in [0.1, 0.15) is 75.3 Å². The Morgan fingerprint density at radius 2 is 1.38 bits per heavy atom. The van der Waals surface area contributed by atoms with Crippen LogP contribution in [0.3, 0.4) is 0 Å². The van der Waals surface area contributed by atoms with Gasteiger partial charge in [0, 0.05) is 18.2 Å².